The predicted octanol–water partition coefficient (Wildman–Crippen LogP) is 2.57. The van der Waals surface area contributed by atoms with Gasteiger partial charge in [-0.15, -0.1) is 0 Å². The summed E-state index contributed by atoms with van der Waals surface area (Å²) in [6, 6.07) is 4.02. The summed E-state index contributed by atoms with van der Waals surface area (Å²) in [6.07, 6.45) is 2.20. The lowest BCUT2D eigenvalue weighted by atomic mass is 10.0. The van der Waals surface area contributed by atoms with Gasteiger partial charge in [0.05, 0.1) is 7.11 Å². The molecule has 1 aromatic carbocycles. The molecule has 1 aliphatic rings. The summed E-state index contributed by atoms with van der Waals surface area (Å²) in [6.45, 7) is 2.76. The van der Waals surface area contributed by atoms with Gasteiger partial charge in [-0.3, -0.25) is 0 Å². The third kappa shape index (κ3) is 1.84. The fourth-order valence-electron chi connectivity index (χ4n) is 2.10. The number of nitrogens with one attached hydrogen (secondary N) is 1. The lowest BCUT2D eigenvalue weighted by Crippen LogP contribution is -2.14. The van der Waals surface area contributed by atoms with Crippen LogP contribution in [0.25, 0.3) is 0 Å². The van der Waals surface area contributed by atoms with Gasteiger partial charge in [-0.05, 0) is 31.9 Å². The number of benzene rings is 1. The van der Waals surface area contributed by atoms with Crippen molar-refractivity contribution in [1.29, 1.82) is 0 Å². The van der Waals surface area contributed by atoms with Crippen molar-refractivity contribution in [2.75, 3.05) is 13.7 Å². The molecule has 1 heterocycles. The van der Waals surface area contributed by atoms with Gasteiger partial charge in [-0.25, -0.2) is 4.39 Å². The van der Waals surface area contributed by atoms with Gasteiger partial charge in [-0.2, -0.15) is 0 Å². The summed E-state index contributed by atoms with van der Waals surface area (Å²) in [5, 5.41) is 3.35. The minimum atomic E-state index is -0.233. The zero-order valence-electron chi connectivity index (χ0n) is 9.14. The zero-order chi connectivity index (χ0) is 10.8. The highest BCUT2D eigenvalue weighted by molar-refractivity contribution is 5.41. The van der Waals surface area contributed by atoms with E-state index in [9.17, 15) is 4.39 Å². The molecule has 0 aromatic heterocycles. The molecule has 0 radical (unpaired) electrons. The number of halogens is 1. The molecule has 0 saturated carbocycles. The van der Waals surface area contributed by atoms with E-state index in [2.05, 4.69) is 5.32 Å². The van der Waals surface area contributed by atoms with Crippen LogP contribution in [0, 0.1) is 12.7 Å². The minimum absolute atomic E-state index is 0.233. The van der Waals surface area contributed by atoms with E-state index in [1.807, 2.05) is 12.1 Å². The Bertz CT molecular complexity index is 359. The molecule has 1 saturated heterocycles. The van der Waals surface area contributed by atoms with E-state index in [1.54, 1.807) is 6.92 Å². The minimum Gasteiger partial charge on any atom is -0.493 e. The normalized spacial score (nSPS) is 20.6. The van der Waals surface area contributed by atoms with Gasteiger partial charge in [0.2, 0.25) is 0 Å². The molecule has 0 amide bonds. The van der Waals surface area contributed by atoms with Gasteiger partial charge in [-0.1, -0.05) is 12.1 Å². The number of hydrogen-bond acceptors (Lipinski definition) is 2. The van der Waals surface area contributed by atoms with Crippen LogP contribution in [0.4, 0.5) is 4.39 Å². The fourth-order valence-corrected chi connectivity index (χ4v) is 2.10. The van der Waals surface area contributed by atoms with Crippen LogP contribution in [0.15, 0.2) is 12.1 Å². The van der Waals surface area contributed by atoms with E-state index in [-0.39, 0.29) is 11.9 Å². The van der Waals surface area contributed by atoms with Crippen LogP contribution in [0.2, 0.25) is 0 Å². The third-order valence-electron chi connectivity index (χ3n) is 2.96. The van der Waals surface area contributed by atoms with E-state index in [4.69, 9.17) is 4.74 Å². The Morgan fingerprint density at radius 2 is 2.27 bits per heavy atom. The maximum atomic E-state index is 13.8. The van der Waals surface area contributed by atoms with Crippen LogP contribution in [0.1, 0.15) is 30.0 Å². The maximum absolute atomic E-state index is 13.8. The number of hydrogen-bond donors (Lipinski definition) is 1. The van der Waals surface area contributed by atoms with E-state index >= 15 is 0 Å². The van der Waals surface area contributed by atoms with Crippen molar-refractivity contribution in [3.8, 4) is 5.75 Å². The van der Waals surface area contributed by atoms with Gasteiger partial charge < -0.3 is 10.1 Å². The summed E-state index contributed by atoms with van der Waals surface area (Å²) in [4.78, 5) is 0. The second-order valence-electron chi connectivity index (χ2n) is 3.97. The molecule has 0 aliphatic carbocycles. The molecule has 2 nitrogen and oxygen atoms in total. The lowest BCUT2D eigenvalue weighted by Gasteiger charge is -2.16. The van der Waals surface area contributed by atoms with Gasteiger partial charge in [0.25, 0.3) is 0 Å². The van der Waals surface area contributed by atoms with Gasteiger partial charge in [0.15, 0.2) is 11.6 Å². The summed E-state index contributed by atoms with van der Waals surface area (Å²) < 4.78 is 18.9. The van der Waals surface area contributed by atoms with Crippen LogP contribution in [-0.2, 0) is 0 Å². The largest absolute Gasteiger partial charge is 0.493 e. The van der Waals surface area contributed by atoms with Gasteiger partial charge in [0, 0.05) is 11.6 Å². The first-order chi connectivity index (χ1) is 7.24. The molecule has 1 N–H and O–H groups in total. The van der Waals surface area contributed by atoms with Crippen molar-refractivity contribution in [3.05, 3.63) is 29.1 Å². The quantitative estimate of drug-likeness (QED) is 0.808. The average molecular weight is 209 g/mol. The number of rotatable bonds is 2. The van der Waals surface area contributed by atoms with Crippen LogP contribution in [-0.4, -0.2) is 13.7 Å². The highest BCUT2D eigenvalue weighted by Gasteiger charge is 2.22. The molecule has 3 heteroatoms. The Hall–Kier alpha value is -1.09. The van der Waals surface area contributed by atoms with E-state index in [1.165, 1.54) is 7.11 Å². The molecule has 0 spiro atoms. The monoisotopic (exact) mass is 209 g/mol. The van der Waals surface area contributed by atoms with Gasteiger partial charge in [0.1, 0.15) is 0 Å². The highest BCUT2D eigenvalue weighted by atomic mass is 19.1. The predicted molar refractivity (Wildman–Crippen MR) is 57.7 cm³/mol. The van der Waals surface area contributed by atoms with Crippen molar-refractivity contribution in [1.82, 2.24) is 5.32 Å². The van der Waals surface area contributed by atoms with Crippen LogP contribution >= 0.6 is 0 Å². The summed E-state index contributed by atoms with van der Waals surface area (Å²) in [5.74, 6) is 0.165. The topological polar surface area (TPSA) is 21.3 Å². The first-order valence-corrected chi connectivity index (χ1v) is 5.30. The molecule has 1 unspecified atom stereocenters. The molecule has 82 valence electrons. The standard InChI is InChI=1S/C12H16FNO/c1-8-5-6-9(10-4-3-7-14-10)12(15-2)11(8)13/h5-6,10,14H,3-4,7H2,1-2H3. The van der Waals surface area contributed by atoms with Crippen LogP contribution < -0.4 is 10.1 Å². The highest BCUT2D eigenvalue weighted by Crippen LogP contribution is 2.33. The Balaban J connectivity index is 2.41. The van der Waals surface area contributed by atoms with Crippen molar-refractivity contribution in [3.63, 3.8) is 0 Å². The molecule has 1 aliphatic heterocycles. The van der Waals surface area contributed by atoms with E-state index in [0.717, 1.165) is 24.9 Å². The smallest absolute Gasteiger partial charge is 0.168 e. The van der Waals surface area contributed by atoms with Gasteiger partial charge >= 0.3 is 0 Å². The Morgan fingerprint density at radius 1 is 1.47 bits per heavy atom. The summed E-state index contributed by atoms with van der Waals surface area (Å²) in [7, 11) is 1.52. The maximum Gasteiger partial charge on any atom is 0.168 e. The van der Waals surface area contributed by atoms with Crippen LogP contribution in [0.5, 0.6) is 5.75 Å². The van der Waals surface area contributed by atoms with Crippen molar-refractivity contribution >= 4 is 0 Å². The van der Waals surface area contributed by atoms with E-state index < -0.39 is 0 Å². The summed E-state index contributed by atoms with van der Waals surface area (Å²) >= 11 is 0. The fraction of sp³-hybridized carbons (Fsp3) is 0.500. The molecule has 1 atom stereocenters. The number of methoxy groups -OCH3 is 1. The zero-order valence-corrected chi connectivity index (χ0v) is 9.14. The SMILES string of the molecule is COc1c(C2CCCN2)ccc(C)c1F. The van der Waals surface area contributed by atoms with Crippen molar-refractivity contribution < 1.29 is 9.13 Å². The second kappa shape index (κ2) is 4.19. The molecular formula is C12H16FNO. The second-order valence-corrected chi connectivity index (χ2v) is 3.97. The first-order valence-electron chi connectivity index (χ1n) is 5.30. The Kier molecular flexibility index (Phi) is 2.91. The third-order valence-corrected chi connectivity index (χ3v) is 2.96. The first kappa shape index (κ1) is 10.4. The molecule has 1 fully saturated rings. The Labute approximate surface area is 89.4 Å². The number of aryl methyl sites for hydroxylation is 1. The Morgan fingerprint density at radius 3 is 2.87 bits per heavy atom. The van der Waals surface area contributed by atoms with E-state index in [0.29, 0.717) is 11.3 Å². The lowest BCUT2D eigenvalue weighted by molar-refractivity contribution is 0.374. The average Bonchev–Trinajstić information content (AvgIpc) is 2.75. The van der Waals surface area contributed by atoms with Crippen LogP contribution in [0.3, 0.4) is 0 Å². The molecule has 2 rings (SSSR count). The van der Waals surface area contributed by atoms with Crippen molar-refractivity contribution in [2.45, 2.75) is 25.8 Å². The van der Waals surface area contributed by atoms with Crippen molar-refractivity contribution in [2.24, 2.45) is 0 Å². The molecule has 0 bridgehead atoms. The summed E-state index contributed by atoms with van der Waals surface area (Å²) in [5.41, 5.74) is 1.58. The molecule has 1 aromatic rings. The molecule has 15 heavy (non-hydrogen) atoms. The molecular weight excluding hydrogens is 193 g/mol. The number of ether oxygens (including phenoxy) is 1.